The molecule has 0 amide bonds. The summed E-state index contributed by atoms with van der Waals surface area (Å²) in [5, 5.41) is 16.9. The van der Waals surface area contributed by atoms with E-state index in [0.29, 0.717) is 0 Å². The summed E-state index contributed by atoms with van der Waals surface area (Å²) in [5.74, 6) is -0.929. The van der Waals surface area contributed by atoms with Crippen molar-refractivity contribution in [2.45, 2.75) is 44.5 Å². The van der Waals surface area contributed by atoms with Crippen molar-refractivity contribution in [3.63, 3.8) is 0 Å². The first-order valence-corrected chi connectivity index (χ1v) is 4.27. The molecule has 0 atom stereocenters. The third kappa shape index (κ3) is 2.79. The number of carbonyl (C=O) groups is 1. The molecule has 0 saturated heterocycles. The number of rotatable bonds is 2. The molecule has 70 valence electrons. The van der Waals surface area contributed by atoms with Crippen LogP contribution in [0.5, 0.6) is 0 Å². The molecule has 0 radical (unpaired) electrons. The number of hydrogen-bond acceptors (Lipinski definition) is 4. The fourth-order valence-electron chi connectivity index (χ4n) is 1.41. The average molecular weight is 174 g/mol. The normalized spacial score (nSPS) is 19.6. The summed E-state index contributed by atoms with van der Waals surface area (Å²) in [7, 11) is 0. The highest BCUT2D eigenvalue weighted by molar-refractivity contribution is 5.72. The van der Waals surface area contributed by atoms with Gasteiger partial charge in [0.25, 0.3) is 6.29 Å². The van der Waals surface area contributed by atoms with E-state index in [1.807, 2.05) is 0 Å². The van der Waals surface area contributed by atoms with Crippen LogP contribution in [0, 0.1) is 0 Å². The predicted octanol–water partition coefficient (Wildman–Crippen LogP) is 0.173. The quantitative estimate of drug-likeness (QED) is 0.462. The summed E-state index contributed by atoms with van der Waals surface area (Å²) in [6.07, 6.45) is 2.89. The second kappa shape index (κ2) is 4.42. The summed E-state index contributed by atoms with van der Waals surface area (Å²) in [4.78, 5) is 10.7. The number of aliphatic hydroxyl groups is 2. The Morgan fingerprint density at radius 2 is 1.83 bits per heavy atom. The minimum atomic E-state index is -1.98. The van der Waals surface area contributed by atoms with Gasteiger partial charge in [0.05, 0.1) is 0 Å². The lowest BCUT2D eigenvalue weighted by Gasteiger charge is -2.21. The summed E-state index contributed by atoms with van der Waals surface area (Å²) in [6.45, 7) is 0. The number of hydrogen-bond donors (Lipinski definition) is 2. The molecule has 0 unspecified atom stereocenters. The van der Waals surface area contributed by atoms with Crippen LogP contribution in [0.2, 0.25) is 0 Å². The Bertz CT molecular complexity index is 149. The van der Waals surface area contributed by atoms with E-state index in [9.17, 15) is 4.79 Å². The minimum Gasteiger partial charge on any atom is -0.459 e. The zero-order valence-electron chi connectivity index (χ0n) is 6.90. The molecule has 0 spiro atoms. The molecule has 0 aromatic carbocycles. The lowest BCUT2D eigenvalue weighted by molar-refractivity contribution is -0.179. The van der Waals surface area contributed by atoms with Crippen LogP contribution in [-0.2, 0) is 9.53 Å². The number of aliphatic hydroxyl groups excluding tert-OH is 1. The van der Waals surface area contributed by atoms with Gasteiger partial charge in [0.1, 0.15) is 6.10 Å². The molecule has 4 heteroatoms. The SMILES string of the molecule is O=C(OC1CCCCC1)C(O)O. The van der Waals surface area contributed by atoms with Crippen LogP contribution >= 0.6 is 0 Å². The summed E-state index contributed by atoms with van der Waals surface area (Å²) in [5.41, 5.74) is 0. The van der Waals surface area contributed by atoms with E-state index in [0.717, 1.165) is 25.7 Å². The van der Waals surface area contributed by atoms with Crippen molar-refractivity contribution < 1.29 is 19.7 Å². The molecule has 2 N–H and O–H groups in total. The molecule has 12 heavy (non-hydrogen) atoms. The Balaban J connectivity index is 2.24. The maximum absolute atomic E-state index is 10.7. The third-order valence-corrected chi connectivity index (χ3v) is 2.05. The molecule has 1 aliphatic carbocycles. The van der Waals surface area contributed by atoms with Crippen molar-refractivity contribution in [1.82, 2.24) is 0 Å². The smallest absolute Gasteiger partial charge is 0.363 e. The van der Waals surface area contributed by atoms with Gasteiger partial charge < -0.3 is 14.9 Å². The molecule has 0 heterocycles. The van der Waals surface area contributed by atoms with E-state index < -0.39 is 12.3 Å². The fraction of sp³-hybridized carbons (Fsp3) is 0.875. The fourth-order valence-corrected chi connectivity index (χ4v) is 1.41. The molecule has 0 aliphatic heterocycles. The average Bonchev–Trinajstić information content (AvgIpc) is 2.06. The first-order chi connectivity index (χ1) is 5.70. The third-order valence-electron chi connectivity index (χ3n) is 2.05. The highest BCUT2D eigenvalue weighted by Crippen LogP contribution is 2.20. The first-order valence-electron chi connectivity index (χ1n) is 4.27. The van der Waals surface area contributed by atoms with Gasteiger partial charge in [-0.2, -0.15) is 0 Å². The lowest BCUT2D eigenvalue weighted by Crippen LogP contribution is -2.28. The second-order valence-corrected chi connectivity index (χ2v) is 3.07. The van der Waals surface area contributed by atoms with Gasteiger partial charge in [-0.15, -0.1) is 0 Å². The molecule has 0 aromatic rings. The van der Waals surface area contributed by atoms with Crippen LogP contribution in [-0.4, -0.2) is 28.6 Å². The highest BCUT2D eigenvalue weighted by Gasteiger charge is 2.20. The molecule has 0 bridgehead atoms. The van der Waals surface area contributed by atoms with Gasteiger partial charge in [-0.3, -0.25) is 0 Å². The van der Waals surface area contributed by atoms with Gasteiger partial charge in [-0.05, 0) is 25.7 Å². The van der Waals surface area contributed by atoms with Crippen molar-refractivity contribution in [3.8, 4) is 0 Å². The molecule has 0 aromatic heterocycles. The second-order valence-electron chi connectivity index (χ2n) is 3.07. The van der Waals surface area contributed by atoms with Crippen molar-refractivity contribution in [2.75, 3.05) is 0 Å². The first kappa shape index (κ1) is 9.48. The van der Waals surface area contributed by atoms with Crippen molar-refractivity contribution in [2.24, 2.45) is 0 Å². The Labute approximate surface area is 71.2 Å². The standard InChI is InChI=1S/C8H14O4/c9-7(10)8(11)12-6-4-2-1-3-5-6/h6-7,9-10H,1-5H2. The van der Waals surface area contributed by atoms with E-state index in [4.69, 9.17) is 14.9 Å². The maximum atomic E-state index is 10.7. The van der Waals surface area contributed by atoms with Crippen LogP contribution < -0.4 is 0 Å². The van der Waals surface area contributed by atoms with Gasteiger partial charge in [0.2, 0.25) is 0 Å². The van der Waals surface area contributed by atoms with Crippen LogP contribution in [0.1, 0.15) is 32.1 Å². The number of ether oxygens (including phenoxy) is 1. The molecule has 1 rings (SSSR count). The molecular formula is C8H14O4. The van der Waals surface area contributed by atoms with Gasteiger partial charge in [-0.1, -0.05) is 6.42 Å². The summed E-state index contributed by atoms with van der Waals surface area (Å²) < 4.78 is 4.81. The zero-order valence-corrected chi connectivity index (χ0v) is 6.90. The topological polar surface area (TPSA) is 66.8 Å². The van der Waals surface area contributed by atoms with E-state index in [1.165, 1.54) is 6.42 Å². The molecule has 1 aliphatic rings. The number of carbonyl (C=O) groups excluding carboxylic acids is 1. The molecule has 1 fully saturated rings. The minimum absolute atomic E-state index is 0.104. The summed E-state index contributed by atoms with van der Waals surface area (Å²) in [6, 6.07) is 0. The number of esters is 1. The van der Waals surface area contributed by atoms with Crippen molar-refractivity contribution in [3.05, 3.63) is 0 Å². The summed E-state index contributed by atoms with van der Waals surface area (Å²) >= 11 is 0. The Hall–Kier alpha value is -0.610. The van der Waals surface area contributed by atoms with Crippen LogP contribution in [0.25, 0.3) is 0 Å². The molecule has 1 saturated carbocycles. The van der Waals surface area contributed by atoms with Gasteiger partial charge in [-0.25, -0.2) is 4.79 Å². The predicted molar refractivity (Wildman–Crippen MR) is 41.2 cm³/mol. The van der Waals surface area contributed by atoms with E-state index in [-0.39, 0.29) is 6.10 Å². The van der Waals surface area contributed by atoms with Crippen LogP contribution in [0.15, 0.2) is 0 Å². The lowest BCUT2D eigenvalue weighted by atomic mass is 9.98. The van der Waals surface area contributed by atoms with E-state index in [1.54, 1.807) is 0 Å². The van der Waals surface area contributed by atoms with Gasteiger partial charge in [0, 0.05) is 0 Å². The maximum Gasteiger partial charge on any atom is 0.363 e. The zero-order chi connectivity index (χ0) is 8.97. The van der Waals surface area contributed by atoms with Crippen molar-refractivity contribution in [1.29, 1.82) is 0 Å². The largest absolute Gasteiger partial charge is 0.459 e. The molecule has 4 nitrogen and oxygen atoms in total. The Kier molecular flexibility index (Phi) is 3.49. The van der Waals surface area contributed by atoms with Gasteiger partial charge >= 0.3 is 5.97 Å². The van der Waals surface area contributed by atoms with Crippen molar-refractivity contribution >= 4 is 5.97 Å². The Morgan fingerprint density at radius 3 is 2.33 bits per heavy atom. The highest BCUT2D eigenvalue weighted by atomic mass is 16.6. The van der Waals surface area contributed by atoms with Crippen LogP contribution in [0.4, 0.5) is 0 Å². The monoisotopic (exact) mass is 174 g/mol. The van der Waals surface area contributed by atoms with Gasteiger partial charge in [0.15, 0.2) is 0 Å². The van der Waals surface area contributed by atoms with Crippen LogP contribution in [0.3, 0.4) is 0 Å². The Morgan fingerprint density at radius 1 is 1.25 bits per heavy atom. The molecular weight excluding hydrogens is 160 g/mol. The van der Waals surface area contributed by atoms with E-state index >= 15 is 0 Å². The van der Waals surface area contributed by atoms with E-state index in [2.05, 4.69) is 0 Å².